The minimum atomic E-state index is -0.942. The molecule has 4 rings (SSSR count). The van der Waals surface area contributed by atoms with E-state index in [9.17, 15) is 5.11 Å². The summed E-state index contributed by atoms with van der Waals surface area (Å²) in [6, 6.07) is 18.6. The second kappa shape index (κ2) is 5.14. The fourth-order valence-electron chi connectivity index (χ4n) is 3.22. The van der Waals surface area contributed by atoms with Crippen LogP contribution in [0, 0.1) is 6.92 Å². The van der Waals surface area contributed by atoms with E-state index in [4.69, 9.17) is 0 Å². The number of benzene rings is 2. The van der Waals surface area contributed by atoms with Gasteiger partial charge in [0, 0.05) is 11.3 Å². The van der Waals surface area contributed by atoms with Gasteiger partial charge in [0.05, 0.1) is 6.54 Å². The molecule has 2 aliphatic rings. The van der Waals surface area contributed by atoms with Gasteiger partial charge in [0.1, 0.15) is 5.69 Å². The summed E-state index contributed by atoms with van der Waals surface area (Å²) in [5.41, 5.74) is 2.38. The molecule has 0 saturated heterocycles. The Morgan fingerprint density at radius 1 is 1.09 bits per heavy atom. The highest BCUT2D eigenvalue weighted by Crippen LogP contribution is 2.38. The van der Waals surface area contributed by atoms with Gasteiger partial charge in [-0.05, 0) is 30.8 Å². The number of para-hydroxylation sites is 1. The molecule has 1 N–H and O–H groups in total. The zero-order valence-electron chi connectivity index (χ0n) is 12.6. The Bertz CT molecular complexity index is 727. The van der Waals surface area contributed by atoms with Crippen LogP contribution in [0.4, 0.5) is 5.69 Å². The number of rotatable bonds is 2. The molecule has 0 unspecified atom stereocenters. The van der Waals surface area contributed by atoms with Crippen LogP contribution in [0.1, 0.15) is 11.1 Å². The minimum Gasteiger partial charge on any atom is -0.346 e. The molecular formula is C18H19N2OS+. The number of aliphatic hydroxyl groups is 1. The first-order valence-corrected chi connectivity index (χ1v) is 8.56. The molecule has 0 bridgehead atoms. The first kappa shape index (κ1) is 13.9. The molecular weight excluding hydrogens is 292 g/mol. The van der Waals surface area contributed by atoms with Gasteiger partial charge in [0.15, 0.2) is 6.54 Å². The highest BCUT2D eigenvalue weighted by Gasteiger charge is 2.54. The van der Waals surface area contributed by atoms with Gasteiger partial charge >= 0.3 is 5.17 Å². The van der Waals surface area contributed by atoms with E-state index < -0.39 is 5.72 Å². The lowest BCUT2D eigenvalue weighted by Crippen LogP contribution is -2.41. The number of thioether (sulfide) groups is 1. The largest absolute Gasteiger partial charge is 0.346 e. The average Bonchev–Trinajstić information content (AvgIpc) is 3.13. The molecule has 2 aromatic carbocycles. The van der Waals surface area contributed by atoms with E-state index in [1.165, 1.54) is 5.56 Å². The molecule has 0 spiro atoms. The number of β-amino-alcohol motifs (C(OH)–C–C–N with tert-alkyl or cyclic N) is 1. The van der Waals surface area contributed by atoms with Gasteiger partial charge in [-0.2, -0.15) is 0 Å². The third-order valence-corrected chi connectivity index (χ3v) is 5.50. The van der Waals surface area contributed by atoms with Crippen LogP contribution in [-0.2, 0) is 5.72 Å². The highest BCUT2D eigenvalue weighted by molar-refractivity contribution is 8.14. The van der Waals surface area contributed by atoms with Gasteiger partial charge in [-0.1, -0.05) is 48.0 Å². The summed E-state index contributed by atoms with van der Waals surface area (Å²) in [7, 11) is 0. The Hall–Kier alpha value is -1.78. The van der Waals surface area contributed by atoms with Crippen LogP contribution in [-0.4, -0.2) is 33.7 Å². The van der Waals surface area contributed by atoms with Crippen molar-refractivity contribution in [2.75, 3.05) is 23.7 Å². The maximum absolute atomic E-state index is 11.4. The van der Waals surface area contributed by atoms with Crippen LogP contribution in [0.3, 0.4) is 0 Å². The van der Waals surface area contributed by atoms with Crippen molar-refractivity contribution in [2.45, 2.75) is 12.6 Å². The van der Waals surface area contributed by atoms with Gasteiger partial charge in [-0.15, -0.1) is 0 Å². The van der Waals surface area contributed by atoms with Crippen molar-refractivity contribution >= 4 is 22.6 Å². The van der Waals surface area contributed by atoms with Crippen molar-refractivity contribution < 1.29 is 9.68 Å². The summed E-state index contributed by atoms with van der Waals surface area (Å²) in [5.74, 6) is 1.02. The standard InChI is InChI=1S/C18H19N2OS/c1-14-7-9-15(10-8-14)18(21)13-19(16-5-3-2-4-6-16)17-20(18)11-12-22-17/h2-10,21H,11-13H2,1H3/q+1/t18-/m1/s1. The highest BCUT2D eigenvalue weighted by atomic mass is 32.2. The number of hydrogen-bond donors (Lipinski definition) is 1. The second-order valence-electron chi connectivity index (χ2n) is 5.89. The van der Waals surface area contributed by atoms with Gasteiger partial charge in [0.25, 0.3) is 5.72 Å². The molecule has 2 aromatic rings. The fraction of sp³-hybridized carbons (Fsp3) is 0.278. The van der Waals surface area contributed by atoms with Crippen LogP contribution in [0.2, 0.25) is 0 Å². The normalized spacial score (nSPS) is 24.0. The number of amidine groups is 1. The molecule has 2 aliphatic heterocycles. The molecule has 4 heteroatoms. The third kappa shape index (κ3) is 2.06. The Balaban J connectivity index is 1.78. The fourth-order valence-corrected chi connectivity index (χ4v) is 4.40. The Morgan fingerprint density at radius 2 is 1.82 bits per heavy atom. The van der Waals surface area contributed by atoms with Crippen LogP contribution in [0.15, 0.2) is 54.6 Å². The predicted octanol–water partition coefficient (Wildman–Crippen LogP) is 2.78. The SMILES string of the molecule is Cc1ccc([C@]2(O)CN(c3ccccc3)C3=[N+]2CCS3)cc1. The van der Waals surface area contributed by atoms with Crippen molar-refractivity contribution in [3.63, 3.8) is 0 Å². The van der Waals surface area contributed by atoms with E-state index in [0.29, 0.717) is 6.54 Å². The molecule has 0 fully saturated rings. The van der Waals surface area contributed by atoms with Crippen molar-refractivity contribution in [3.8, 4) is 0 Å². The smallest absolute Gasteiger partial charge is 0.316 e. The van der Waals surface area contributed by atoms with Gasteiger partial charge < -0.3 is 5.11 Å². The predicted molar refractivity (Wildman–Crippen MR) is 91.5 cm³/mol. The molecule has 1 atom stereocenters. The van der Waals surface area contributed by atoms with E-state index in [-0.39, 0.29) is 0 Å². The van der Waals surface area contributed by atoms with Crippen molar-refractivity contribution in [1.82, 2.24) is 0 Å². The molecule has 22 heavy (non-hydrogen) atoms. The van der Waals surface area contributed by atoms with Crippen LogP contribution < -0.4 is 4.90 Å². The quantitative estimate of drug-likeness (QED) is 0.864. The molecule has 0 aliphatic carbocycles. The van der Waals surface area contributed by atoms with E-state index in [0.717, 1.165) is 28.7 Å². The molecule has 0 aromatic heterocycles. The third-order valence-electron chi connectivity index (χ3n) is 4.41. The summed E-state index contributed by atoms with van der Waals surface area (Å²) in [6.45, 7) is 3.53. The zero-order valence-corrected chi connectivity index (χ0v) is 13.4. The van der Waals surface area contributed by atoms with Gasteiger partial charge in [-0.3, -0.25) is 0 Å². The first-order valence-electron chi connectivity index (χ1n) is 7.58. The summed E-state index contributed by atoms with van der Waals surface area (Å²) >= 11 is 1.82. The van der Waals surface area contributed by atoms with Crippen LogP contribution in [0.5, 0.6) is 0 Å². The average molecular weight is 311 g/mol. The molecule has 0 amide bonds. The molecule has 0 saturated carbocycles. The molecule has 0 radical (unpaired) electrons. The van der Waals surface area contributed by atoms with E-state index >= 15 is 0 Å². The summed E-state index contributed by atoms with van der Waals surface area (Å²) in [5, 5.41) is 12.6. The summed E-state index contributed by atoms with van der Waals surface area (Å²) in [4.78, 5) is 2.23. The molecule has 2 heterocycles. The molecule has 112 valence electrons. The second-order valence-corrected chi connectivity index (χ2v) is 6.95. The number of anilines is 1. The van der Waals surface area contributed by atoms with Gasteiger partial charge in [-0.25, -0.2) is 9.48 Å². The maximum Gasteiger partial charge on any atom is 0.316 e. The molecule has 3 nitrogen and oxygen atoms in total. The van der Waals surface area contributed by atoms with Crippen molar-refractivity contribution in [1.29, 1.82) is 0 Å². The van der Waals surface area contributed by atoms with Gasteiger partial charge in [0.2, 0.25) is 0 Å². The topological polar surface area (TPSA) is 26.5 Å². The number of nitrogens with zero attached hydrogens (tertiary/aromatic N) is 2. The van der Waals surface area contributed by atoms with Crippen LogP contribution >= 0.6 is 11.8 Å². The Labute approximate surface area is 134 Å². The maximum atomic E-state index is 11.4. The lowest BCUT2D eigenvalue weighted by atomic mass is 10.0. The number of hydrogen-bond acceptors (Lipinski definition) is 3. The Kier molecular flexibility index (Phi) is 3.24. The minimum absolute atomic E-state index is 0.572. The van der Waals surface area contributed by atoms with Crippen LogP contribution in [0.25, 0.3) is 0 Å². The van der Waals surface area contributed by atoms with E-state index in [2.05, 4.69) is 40.7 Å². The Morgan fingerprint density at radius 3 is 2.55 bits per heavy atom. The van der Waals surface area contributed by atoms with Crippen molar-refractivity contribution in [3.05, 3.63) is 65.7 Å². The monoisotopic (exact) mass is 311 g/mol. The van der Waals surface area contributed by atoms with E-state index in [1.54, 1.807) is 0 Å². The number of aryl methyl sites for hydroxylation is 1. The first-order chi connectivity index (χ1) is 10.7. The lowest BCUT2D eigenvalue weighted by Gasteiger charge is -2.23. The zero-order chi connectivity index (χ0) is 15.2. The van der Waals surface area contributed by atoms with E-state index in [1.807, 2.05) is 42.1 Å². The lowest BCUT2D eigenvalue weighted by molar-refractivity contribution is -0.650. The summed E-state index contributed by atoms with van der Waals surface area (Å²) < 4.78 is 2.15. The summed E-state index contributed by atoms with van der Waals surface area (Å²) in [6.07, 6.45) is 0. The van der Waals surface area contributed by atoms with Crippen molar-refractivity contribution in [2.24, 2.45) is 0 Å².